The van der Waals surface area contributed by atoms with Crippen molar-refractivity contribution in [2.45, 2.75) is 18.9 Å². The first-order valence-electron chi connectivity index (χ1n) is 8.72. The molecular formula is C19H24N4O2. The van der Waals surface area contributed by atoms with Crippen LogP contribution in [0.5, 0.6) is 0 Å². The molecule has 1 aromatic carbocycles. The van der Waals surface area contributed by atoms with Crippen LogP contribution >= 0.6 is 0 Å². The van der Waals surface area contributed by atoms with Gasteiger partial charge in [-0.05, 0) is 24.3 Å². The number of benzene rings is 1. The molecule has 4 rings (SSSR count). The molecule has 4 atom stereocenters. The van der Waals surface area contributed by atoms with E-state index in [-0.39, 0.29) is 23.9 Å². The van der Waals surface area contributed by atoms with E-state index in [9.17, 15) is 10.2 Å². The first-order valence-corrected chi connectivity index (χ1v) is 8.72. The summed E-state index contributed by atoms with van der Waals surface area (Å²) in [6, 6.07) is 12.1. The molecule has 1 aliphatic carbocycles. The Morgan fingerprint density at radius 3 is 2.72 bits per heavy atom. The molecule has 2 heterocycles. The van der Waals surface area contributed by atoms with Crippen molar-refractivity contribution in [1.29, 1.82) is 0 Å². The van der Waals surface area contributed by atoms with Crippen LogP contribution in [-0.2, 0) is 0 Å². The molecule has 0 radical (unpaired) electrons. The maximum Gasteiger partial charge on any atom is 0.227 e. The van der Waals surface area contributed by atoms with Crippen LogP contribution in [0.1, 0.15) is 17.2 Å². The number of aryl methyl sites for hydroxylation is 1. The van der Waals surface area contributed by atoms with Gasteiger partial charge in [-0.2, -0.15) is 4.98 Å². The fraction of sp³-hybridized carbons (Fsp3) is 0.474. The number of aliphatic hydroxyl groups excluding tert-OH is 2. The number of β-amino-alcohol motifs (C(OH)–C–C–N with tert-alkyl or cyclic N) is 1. The summed E-state index contributed by atoms with van der Waals surface area (Å²) >= 11 is 0. The van der Waals surface area contributed by atoms with Gasteiger partial charge in [-0.15, -0.1) is 0 Å². The minimum Gasteiger partial charge on any atom is -0.396 e. The number of nitrogens with zero attached hydrogens (tertiary/aromatic N) is 3. The summed E-state index contributed by atoms with van der Waals surface area (Å²) in [5.41, 5.74) is 1.76. The van der Waals surface area contributed by atoms with Crippen LogP contribution in [0.4, 0.5) is 11.8 Å². The van der Waals surface area contributed by atoms with Crippen LogP contribution in [0.25, 0.3) is 0 Å². The highest BCUT2D eigenvalue weighted by Crippen LogP contribution is 2.68. The van der Waals surface area contributed by atoms with Crippen LogP contribution in [-0.4, -0.2) is 53.0 Å². The summed E-state index contributed by atoms with van der Waals surface area (Å²) in [6.07, 6.45) is -0.503. The Morgan fingerprint density at radius 1 is 1.28 bits per heavy atom. The second-order valence-electron chi connectivity index (χ2n) is 7.13. The molecular weight excluding hydrogens is 316 g/mol. The summed E-state index contributed by atoms with van der Waals surface area (Å²) in [6.45, 7) is 3.17. The van der Waals surface area contributed by atoms with Crippen molar-refractivity contribution in [2.24, 2.45) is 11.3 Å². The van der Waals surface area contributed by atoms with Gasteiger partial charge < -0.3 is 20.4 Å². The maximum atomic E-state index is 10.9. The molecule has 2 fully saturated rings. The molecule has 1 saturated heterocycles. The van der Waals surface area contributed by atoms with Crippen molar-refractivity contribution in [3.8, 4) is 0 Å². The average Bonchev–Trinajstić information content (AvgIpc) is 3.16. The van der Waals surface area contributed by atoms with Crippen LogP contribution in [0.15, 0.2) is 36.4 Å². The highest BCUT2D eigenvalue weighted by Gasteiger charge is 2.71. The lowest BCUT2D eigenvalue weighted by Gasteiger charge is -2.17. The van der Waals surface area contributed by atoms with E-state index in [0.717, 1.165) is 11.5 Å². The lowest BCUT2D eigenvalue weighted by Crippen LogP contribution is -2.24. The molecule has 2 aliphatic rings. The number of hydrogen-bond donors (Lipinski definition) is 3. The van der Waals surface area contributed by atoms with Crippen molar-refractivity contribution >= 4 is 11.8 Å². The Morgan fingerprint density at radius 2 is 2.04 bits per heavy atom. The lowest BCUT2D eigenvalue weighted by atomic mass is 9.95. The van der Waals surface area contributed by atoms with Gasteiger partial charge in [0.2, 0.25) is 5.95 Å². The van der Waals surface area contributed by atoms with Gasteiger partial charge in [0.05, 0.1) is 6.10 Å². The molecule has 132 valence electrons. The second kappa shape index (κ2) is 5.97. The minimum atomic E-state index is -0.503. The number of anilines is 2. The van der Waals surface area contributed by atoms with Crippen molar-refractivity contribution in [2.75, 3.05) is 37.0 Å². The second-order valence-corrected chi connectivity index (χ2v) is 7.13. The number of nitrogens with one attached hydrogen (secondary N) is 1. The van der Waals surface area contributed by atoms with Crippen LogP contribution in [0, 0.1) is 18.3 Å². The third kappa shape index (κ3) is 2.48. The number of aromatic nitrogens is 2. The van der Waals surface area contributed by atoms with Gasteiger partial charge in [-0.25, -0.2) is 4.98 Å². The van der Waals surface area contributed by atoms with E-state index in [1.807, 2.05) is 43.1 Å². The van der Waals surface area contributed by atoms with Gasteiger partial charge in [0.1, 0.15) is 5.82 Å². The van der Waals surface area contributed by atoms with E-state index in [1.54, 1.807) is 0 Å². The monoisotopic (exact) mass is 340 g/mol. The summed E-state index contributed by atoms with van der Waals surface area (Å²) in [7, 11) is 1.83. The molecule has 0 unspecified atom stereocenters. The van der Waals surface area contributed by atoms with Crippen molar-refractivity contribution in [3.05, 3.63) is 47.7 Å². The van der Waals surface area contributed by atoms with E-state index in [2.05, 4.69) is 27.4 Å². The molecule has 3 N–H and O–H groups in total. The molecule has 1 saturated carbocycles. The van der Waals surface area contributed by atoms with Crippen LogP contribution < -0.4 is 10.2 Å². The summed E-state index contributed by atoms with van der Waals surface area (Å²) < 4.78 is 0. The quantitative estimate of drug-likeness (QED) is 0.781. The van der Waals surface area contributed by atoms with E-state index in [1.165, 1.54) is 5.56 Å². The average molecular weight is 340 g/mol. The first kappa shape index (κ1) is 16.3. The number of aliphatic hydroxyl groups is 2. The van der Waals surface area contributed by atoms with Gasteiger partial charge >= 0.3 is 0 Å². The highest BCUT2D eigenvalue weighted by molar-refractivity contribution is 5.48. The van der Waals surface area contributed by atoms with E-state index < -0.39 is 6.10 Å². The van der Waals surface area contributed by atoms with E-state index >= 15 is 0 Å². The third-order valence-electron chi connectivity index (χ3n) is 5.78. The summed E-state index contributed by atoms with van der Waals surface area (Å²) in [4.78, 5) is 11.1. The molecule has 1 spiro atoms. The zero-order valence-corrected chi connectivity index (χ0v) is 14.6. The Kier molecular flexibility index (Phi) is 3.89. The van der Waals surface area contributed by atoms with Crippen molar-refractivity contribution < 1.29 is 10.2 Å². The molecule has 2 aromatic rings. The Bertz CT molecular complexity index is 769. The Labute approximate surface area is 147 Å². The van der Waals surface area contributed by atoms with E-state index in [0.29, 0.717) is 19.0 Å². The van der Waals surface area contributed by atoms with Gasteiger partial charge in [0.15, 0.2) is 0 Å². The minimum absolute atomic E-state index is 0.0727. The first-order chi connectivity index (χ1) is 12.1. The van der Waals surface area contributed by atoms with Crippen molar-refractivity contribution in [1.82, 2.24) is 9.97 Å². The smallest absolute Gasteiger partial charge is 0.227 e. The third-order valence-corrected chi connectivity index (χ3v) is 5.78. The highest BCUT2D eigenvalue weighted by atomic mass is 16.3. The molecule has 0 amide bonds. The fourth-order valence-electron chi connectivity index (χ4n) is 4.54. The molecule has 6 heteroatoms. The summed E-state index contributed by atoms with van der Waals surface area (Å²) in [5.74, 6) is 1.65. The summed E-state index contributed by atoms with van der Waals surface area (Å²) in [5, 5.41) is 23.8. The van der Waals surface area contributed by atoms with Crippen molar-refractivity contribution in [3.63, 3.8) is 0 Å². The van der Waals surface area contributed by atoms with Gasteiger partial charge in [-0.1, -0.05) is 30.3 Å². The van der Waals surface area contributed by atoms with Gasteiger partial charge in [-0.3, -0.25) is 0 Å². The lowest BCUT2D eigenvalue weighted by molar-refractivity contribution is 0.113. The Balaban J connectivity index is 1.64. The fourth-order valence-corrected chi connectivity index (χ4v) is 4.54. The molecule has 6 nitrogen and oxygen atoms in total. The predicted molar refractivity (Wildman–Crippen MR) is 96.7 cm³/mol. The van der Waals surface area contributed by atoms with Crippen LogP contribution in [0.2, 0.25) is 0 Å². The Hall–Kier alpha value is -2.18. The number of rotatable bonds is 4. The van der Waals surface area contributed by atoms with E-state index in [4.69, 9.17) is 0 Å². The SMILES string of the molecule is CNc1cc(C)nc(N2C[C@@H](O)[C@@]3(C2)[C@H](CO)[C@H]3c2ccccc2)n1. The predicted octanol–water partition coefficient (Wildman–Crippen LogP) is 1.40. The zero-order valence-electron chi connectivity index (χ0n) is 14.6. The standard InChI is InChI=1S/C19H24N4O2/c1-12-8-16(20-2)22-18(21-12)23-9-15(25)19(11-23)14(10-24)17(19)13-6-4-3-5-7-13/h3-8,14-15,17,24-25H,9-11H2,1-2H3,(H,20,21,22)/t14-,15-,17-,19-/m1/s1. The van der Waals surface area contributed by atoms with Gasteiger partial charge in [0, 0.05) is 43.9 Å². The van der Waals surface area contributed by atoms with Crippen LogP contribution in [0.3, 0.4) is 0 Å². The largest absolute Gasteiger partial charge is 0.396 e. The molecule has 0 bridgehead atoms. The molecule has 1 aliphatic heterocycles. The molecule has 1 aromatic heterocycles. The normalized spacial score (nSPS) is 30.7. The topological polar surface area (TPSA) is 81.5 Å². The zero-order chi connectivity index (χ0) is 17.6. The number of hydrogen-bond acceptors (Lipinski definition) is 6. The maximum absolute atomic E-state index is 10.9. The van der Waals surface area contributed by atoms with Gasteiger partial charge in [0.25, 0.3) is 0 Å². The molecule has 25 heavy (non-hydrogen) atoms.